The fourth-order valence-corrected chi connectivity index (χ4v) is 6.76. The summed E-state index contributed by atoms with van der Waals surface area (Å²) >= 11 is 1.30. The number of fused-ring (bicyclic) bond motifs is 1. The number of anilines is 1. The van der Waals surface area contributed by atoms with Crippen LogP contribution in [-0.4, -0.2) is 44.6 Å². The maximum atomic E-state index is 13.6. The van der Waals surface area contributed by atoms with E-state index in [9.17, 15) is 23.2 Å². The van der Waals surface area contributed by atoms with Gasteiger partial charge < -0.3 is 14.5 Å². The zero-order valence-electron chi connectivity index (χ0n) is 24.2. The van der Waals surface area contributed by atoms with Gasteiger partial charge >= 0.3 is 6.18 Å². The molecule has 1 aliphatic rings. The zero-order valence-corrected chi connectivity index (χ0v) is 25.0. The van der Waals surface area contributed by atoms with Gasteiger partial charge in [0.05, 0.1) is 24.4 Å². The number of halogens is 3. The Bertz CT molecular complexity index is 1420. The Morgan fingerprint density at radius 3 is 2.48 bits per heavy atom. The molecule has 0 aromatic heterocycles. The first-order valence-corrected chi connectivity index (χ1v) is 14.9. The lowest BCUT2D eigenvalue weighted by molar-refractivity contribution is -0.137. The Morgan fingerprint density at radius 2 is 1.81 bits per heavy atom. The van der Waals surface area contributed by atoms with Crippen molar-refractivity contribution < 1.29 is 22.7 Å². The molecule has 0 radical (unpaired) electrons. The molecule has 1 unspecified atom stereocenters. The van der Waals surface area contributed by atoms with Crippen LogP contribution < -0.4 is 9.64 Å². The van der Waals surface area contributed by atoms with Crippen molar-refractivity contribution >= 4 is 23.4 Å². The van der Waals surface area contributed by atoms with Crippen LogP contribution in [-0.2, 0) is 28.6 Å². The molecule has 4 rings (SSSR count). The third-order valence-electron chi connectivity index (χ3n) is 7.72. The molecule has 9 heteroatoms. The van der Waals surface area contributed by atoms with Gasteiger partial charge in [-0.25, -0.2) is 0 Å². The van der Waals surface area contributed by atoms with Gasteiger partial charge in [-0.1, -0.05) is 48.2 Å². The Kier molecular flexibility index (Phi) is 10.2. The van der Waals surface area contributed by atoms with E-state index in [1.165, 1.54) is 23.4 Å². The van der Waals surface area contributed by atoms with Crippen molar-refractivity contribution in [3.63, 3.8) is 0 Å². The average molecular weight is 596 g/mol. The largest absolute Gasteiger partial charge is 0.495 e. The lowest BCUT2D eigenvalue weighted by Gasteiger charge is -2.32. The summed E-state index contributed by atoms with van der Waals surface area (Å²) < 4.78 is 45.1. The minimum Gasteiger partial charge on any atom is -0.495 e. The molecule has 42 heavy (non-hydrogen) atoms. The first-order valence-electron chi connectivity index (χ1n) is 14.1. The molecule has 0 saturated carbocycles. The van der Waals surface area contributed by atoms with Crippen LogP contribution in [0.3, 0.4) is 0 Å². The molecule has 1 atom stereocenters. The molecular weight excluding hydrogens is 559 g/mol. The van der Waals surface area contributed by atoms with Crippen LogP contribution in [0.4, 0.5) is 18.9 Å². The Hall–Kier alpha value is -3.48. The number of alkyl halides is 3. The predicted octanol–water partition coefficient (Wildman–Crippen LogP) is 7.48. The average Bonchev–Trinajstić information content (AvgIpc) is 2.99. The smallest absolute Gasteiger partial charge is 0.416 e. The normalized spacial score (nSPS) is 14.7. The second kappa shape index (κ2) is 13.7. The van der Waals surface area contributed by atoms with Crippen LogP contribution in [0.25, 0.3) is 0 Å². The Labute approximate surface area is 250 Å². The second-order valence-corrected chi connectivity index (χ2v) is 12.0. The third kappa shape index (κ3) is 7.29. The standard InChI is InChI=1S/C33H36F3N3O2S/c1-24(40)39-20-8-14-29-25(15-16-30(41-3)31(29)39)17-21-38(2)19-9-18-32(23-37,42-28-12-5-4-6-13-28)26-10-7-11-27(22-26)33(34,35)36/h4-7,10-13,15-16,22H,8-9,14,17-21H2,1-3H3. The lowest BCUT2D eigenvalue weighted by Crippen LogP contribution is -2.34. The summed E-state index contributed by atoms with van der Waals surface area (Å²) in [6.45, 7) is 3.69. The molecule has 0 fully saturated rings. The van der Waals surface area contributed by atoms with Crippen molar-refractivity contribution in [1.29, 1.82) is 5.26 Å². The van der Waals surface area contributed by atoms with Gasteiger partial charge in [-0.3, -0.25) is 4.79 Å². The molecule has 1 aliphatic heterocycles. The summed E-state index contributed by atoms with van der Waals surface area (Å²) in [5.74, 6) is 0.703. The van der Waals surface area contributed by atoms with Crippen LogP contribution in [0.1, 0.15) is 48.4 Å². The van der Waals surface area contributed by atoms with Crippen molar-refractivity contribution in [3.05, 3.63) is 89.0 Å². The number of nitrogens with zero attached hydrogens (tertiary/aromatic N) is 3. The number of rotatable bonds is 11. The fourth-order valence-electron chi connectivity index (χ4n) is 5.53. The monoisotopic (exact) mass is 595 g/mol. The number of hydrogen-bond acceptors (Lipinski definition) is 5. The molecule has 0 spiro atoms. The second-order valence-electron chi connectivity index (χ2n) is 10.6. The van der Waals surface area contributed by atoms with Crippen LogP contribution >= 0.6 is 11.8 Å². The first kappa shape index (κ1) is 31.5. The number of carbonyl (C=O) groups is 1. The summed E-state index contributed by atoms with van der Waals surface area (Å²) in [6.07, 6.45) is -0.915. The highest BCUT2D eigenvalue weighted by Gasteiger charge is 2.37. The van der Waals surface area contributed by atoms with Crippen molar-refractivity contribution in [1.82, 2.24) is 4.90 Å². The molecule has 1 amide bonds. The molecule has 3 aromatic carbocycles. The first-order chi connectivity index (χ1) is 20.1. The van der Waals surface area contributed by atoms with Crippen LogP contribution in [0.2, 0.25) is 0 Å². The molecule has 0 N–H and O–H groups in total. The molecule has 3 aromatic rings. The van der Waals surface area contributed by atoms with Crippen LogP contribution in [0, 0.1) is 11.3 Å². The summed E-state index contributed by atoms with van der Waals surface area (Å²) in [5.41, 5.74) is 2.80. The highest BCUT2D eigenvalue weighted by atomic mass is 32.2. The third-order valence-corrected chi connectivity index (χ3v) is 9.11. The quantitative estimate of drug-likeness (QED) is 0.215. The van der Waals surface area contributed by atoms with Crippen molar-refractivity contribution in [2.75, 3.05) is 38.7 Å². The van der Waals surface area contributed by atoms with Crippen LogP contribution in [0.5, 0.6) is 5.75 Å². The highest BCUT2D eigenvalue weighted by molar-refractivity contribution is 8.00. The number of carbonyl (C=O) groups excluding carboxylic acids is 1. The molecule has 1 heterocycles. The van der Waals surface area contributed by atoms with Crippen molar-refractivity contribution in [2.24, 2.45) is 0 Å². The summed E-state index contributed by atoms with van der Waals surface area (Å²) in [6, 6.07) is 20.9. The molecule has 0 bridgehead atoms. The maximum Gasteiger partial charge on any atom is 0.416 e. The van der Waals surface area contributed by atoms with E-state index >= 15 is 0 Å². The van der Waals surface area contributed by atoms with Crippen molar-refractivity contribution in [3.8, 4) is 11.8 Å². The van der Waals surface area contributed by atoms with E-state index in [2.05, 4.69) is 17.0 Å². The maximum absolute atomic E-state index is 13.6. The highest BCUT2D eigenvalue weighted by Crippen LogP contribution is 2.46. The number of nitriles is 1. The van der Waals surface area contributed by atoms with Gasteiger partial charge in [0.25, 0.3) is 0 Å². The zero-order chi connectivity index (χ0) is 30.3. The van der Waals surface area contributed by atoms with E-state index in [0.29, 0.717) is 37.2 Å². The van der Waals surface area contributed by atoms with E-state index in [0.717, 1.165) is 54.1 Å². The Morgan fingerprint density at radius 1 is 1.07 bits per heavy atom. The molecular formula is C33H36F3N3O2S. The van der Waals surface area contributed by atoms with Gasteiger partial charge in [0.1, 0.15) is 10.5 Å². The SMILES string of the molecule is COc1ccc(CCN(C)CCCC(C#N)(Sc2ccccc2)c2cccc(C(F)(F)F)c2)c2c1N(C(C)=O)CCC2. The molecule has 222 valence electrons. The minimum absolute atomic E-state index is 0.00126. The number of thioether (sulfide) groups is 1. The van der Waals surface area contributed by atoms with Gasteiger partial charge in [0.2, 0.25) is 5.91 Å². The molecule has 0 saturated heterocycles. The summed E-state index contributed by atoms with van der Waals surface area (Å²) in [4.78, 5) is 17.1. The molecule has 5 nitrogen and oxygen atoms in total. The van der Waals surface area contributed by atoms with Gasteiger partial charge in [0.15, 0.2) is 0 Å². The summed E-state index contributed by atoms with van der Waals surface area (Å²) in [5, 5.41) is 10.4. The van der Waals surface area contributed by atoms with E-state index in [-0.39, 0.29) is 5.91 Å². The number of benzene rings is 3. The topological polar surface area (TPSA) is 56.6 Å². The van der Waals surface area contributed by atoms with Gasteiger partial charge in [0, 0.05) is 24.9 Å². The number of methoxy groups -OCH3 is 1. The van der Waals surface area contributed by atoms with Crippen LogP contribution in [0.15, 0.2) is 71.6 Å². The van der Waals surface area contributed by atoms with Gasteiger partial charge in [-0.2, -0.15) is 18.4 Å². The minimum atomic E-state index is -4.49. The van der Waals surface area contributed by atoms with Gasteiger partial charge in [-0.05, 0) is 92.7 Å². The molecule has 0 aliphatic carbocycles. The number of hydrogen-bond donors (Lipinski definition) is 0. The number of likely N-dealkylation sites (N-methyl/N-ethyl adjacent to an activating group) is 1. The number of amides is 1. The van der Waals surface area contributed by atoms with E-state index in [4.69, 9.17) is 4.74 Å². The lowest BCUT2D eigenvalue weighted by atomic mass is 9.92. The van der Waals surface area contributed by atoms with E-state index in [1.807, 2.05) is 43.4 Å². The van der Waals surface area contributed by atoms with E-state index < -0.39 is 16.5 Å². The summed E-state index contributed by atoms with van der Waals surface area (Å²) in [7, 11) is 3.63. The van der Waals surface area contributed by atoms with E-state index in [1.54, 1.807) is 25.0 Å². The van der Waals surface area contributed by atoms with Gasteiger partial charge in [-0.15, -0.1) is 0 Å². The Balaban J connectivity index is 1.48. The predicted molar refractivity (Wildman–Crippen MR) is 161 cm³/mol. The number of ether oxygens (including phenoxy) is 1. The fraction of sp³-hybridized carbons (Fsp3) is 0.394. The van der Waals surface area contributed by atoms with Crippen molar-refractivity contribution in [2.45, 2.75) is 54.8 Å².